The molecule has 1 atom stereocenters. The Balaban J connectivity index is 2.43. The Hall–Kier alpha value is -1.26. The number of aryl methyl sites for hydroxylation is 1. The van der Waals surface area contributed by atoms with E-state index in [4.69, 9.17) is 0 Å². The Bertz CT molecular complexity index is 563. The van der Waals surface area contributed by atoms with Crippen LogP contribution in [0.4, 0.5) is 8.78 Å². The zero-order chi connectivity index (χ0) is 13.3. The fourth-order valence-electron chi connectivity index (χ4n) is 1.71. The van der Waals surface area contributed by atoms with Crippen molar-refractivity contribution in [2.75, 3.05) is 7.05 Å². The van der Waals surface area contributed by atoms with E-state index in [-0.39, 0.29) is 17.7 Å². The summed E-state index contributed by atoms with van der Waals surface area (Å²) in [6, 6.07) is 6.50. The van der Waals surface area contributed by atoms with Crippen LogP contribution in [0.3, 0.4) is 0 Å². The Morgan fingerprint density at radius 1 is 1.17 bits per heavy atom. The molecule has 2 aromatic rings. The summed E-state index contributed by atoms with van der Waals surface area (Å²) in [6.45, 7) is 3.59. The summed E-state index contributed by atoms with van der Waals surface area (Å²) in [5.74, 6) is -0.748. The van der Waals surface area contributed by atoms with E-state index < -0.39 is 0 Å². The minimum absolute atomic E-state index is 0.210. The smallest absolute Gasteiger partial charge is 0.132 e. The van der Waals surface area contributed by atoms with Gasteiger partial charge in [0.1, 0.15) is 11.6 Å². The fraction of sp³-hybridized carbons (Fsp3) is 0.286. The van der Waals surface area contributed by atoms with Gasteiger partial charge in [0.15, 0.2) is 0 Å². The number of benzene rings is 1. The first kappa shape index (κ1) is 13.2. The average molecular weight is 267 g/mol. The predicted octanol–water partition coefficient (Wildman–Crippen LogP) is 4.28. The van der Waals surface area contributed by atoms with E-state index >= 15 is 0 Å². The maximum Gasteiger partial charge on any atom is 0.132 e. The summed E-state index contributed by atoms with van der Waals surface area (Å²) < 4.78 is 27.3. The molecule has 0 spiro atoms. The first-order chi connectivity index (χ1) is 8.52. The maximum atomic E-state index is 13.8. The number of nitrogens with one attached hydrogen (secondary N) is 1. The molecule has 1 nitrogen and oxygen atoms in total. The van der Waals surface area contributed by atoms with Crippen LogP contribution < -0.4 is 5.32 Å². The van der Waals surface area contributed by atoms with Crippen molar-refractivity contribution >= 4 is 11.3 Å². The molecule has 0 aliphatic carbocycles. The highest BCUT2D eigenvalue weighted by molar-refractivity contribution is 7.15. The Labute approximate surface area is 109 Å². The van der Waals surface area contributed by atoms with Crippen molar-refractivity contribution in [3.8, 4) is 10.4 Å². The Morgan fingerprint density at radius 2 is 1.89 bits per heavy atom. The molecule has 1 aromatic heterocycles. The third-order valence-corrected chi connectivity index (χ3v) is 4.30. The second-order valence-electron chi connectivity index (χ2n) is 4.29. The summed E-state index contributed by atoms with van der Waals surface area (Å²) in [5, 5.41) is 3.12. The topological polar surface area (TPSA) is 12.0 Å². The van der Waals surface area contributed by atoms with E-state index in [0.717, 1.165) is 9.75 Å². The van der Waals surface area contributed by atoms with Crippen LogP contribution in [-0.2, 0) is 0 Å². The molecule has 18 heavy (non-hydrogen) atoms. The lowest BCUT2D eigenvalue weighted by molar-refractivity contribution is 0.595. The SMILES string of the molecule is CNC(C)c1ccc(-c2cc(F)c(C)cc2F)s1. The first-order valence-corrected chi connectivity index (χ1v) is 6.57. The van der Waals surface area contributed by atoms with Gasteiger partial charge in [0.05, 0.1) is 0 Å². The highest BCUT2D eigenvalue weighted by Crippen LogP contribution is 2.33. The normalized spacial score (nSPS) is 12.7. The number of rotatable bonds is 3. The first-order valence-electron chi connectivity index (χ1n) is 5.76. The highest BCUT2D eigenvalue weighted by Gasteiger charge is 2.13. The number of halogens is 2. The number of hydrogen-bond donors (Lipinski definition) is 1. The standard InChI is InChI=1S/C14H15F2NS/c1-8-6-12(16)10(7-11(8)15)14-5-4-13(18-14)9(2)17-3/h4-7,9,17H,1-3H3. The second kappa shape index (κ2) is 5.16. The van der Waals surface area contributed by atoms with Crippen LogP contribution in [0.15, 0.2) is 24.3 Å². The third kappa shape index (κ3) is 2.44. The molecule has 0 aliphatic heterocycles. The van der Waals surface area contributed by atoms with Crippen molar-refractivity contribution in [3.05, 3.63) is 46.3 Å². The molecule has 0 radical (unpaired) electrons. The molecule has 0 fully saturated rings. The maximum absolute atomic E-state index is 13.8. The van der Waals surface area contributed by atoms with Crippen molar-refractivity contribution < 1.29 is 8.78 Å². The highest BCUT2D eigenvalue weighted by atomic mass is 32.1. The van der Waals surface area contributed by atoms with Crippen LogP contribution in [0.25, 0.3) is 10.4 Å². The molecule has 0 saturated carbocycles. The summed E-state index contributed by atoms with van der Waals surface area (Å²) >= 11 is 1.48. The van der Waals surface area contributed by atoms with Gasteiger partial charge in [-0.1, -0.05) is 0 Å². The summed E-state index contributed by atoms with van der Waals surface area (Å²) in [5.41, 5.74) is 0.661. The molecule has 1 N–H and O–H groups in total. The van der Waals surface area contributed by atoms with E-state index in [0.29, 0.717) is 11.1 Å². The molecule has 0 saturated heterocycles. The van der Waals surface area contributed by atoms with Gasteiger partial charge in [-0.15, -0.1) is 11.3 Å². The lowest BCUT2D eigenvalue weighted by Gasteiger charge is -2.06. The summed E-state index contributed by atoms with van der Waals surface area (Å²) in [7, 11) is 1.87. The van der Waals surface area contributed by atoms with Crippen LogP contribution >= 0.6 is 11.3 Å². The fourth-order valence-corrected chi connectivity index (χ4v) is 2.79. The third-order valence-electron chi connectivity index (χ3n) is 3.00. The van der Waals surface area contributed by atoms with E-state index in [9.17, 15) is 8.78 Å². The largest absolute Gasteiger partial charge is 0.313 e. The van der Waals surface area contributed by atoms with Crippen molar-refractivity contribution in [3.63, 3.8) is 0 Å². The molecule has 1 aromatic carbocycles. The minimum atomic E-state index is -0.376. The molecular formula is C14H15F2NS. The molecular weight excluding hydrogens is 252 g/mol. The van der Waals surface area contributed by atoms with Gasteiger partial charge in [0, 0.05) is 21.4 Å². The number of thiophene rings is 1. The van der Waals surface area contributed by atoms with Crippen molar-refractivity contribution in [2.45, 2.75) is 19.9 Å². The average Bonchev–Trinajstić information content (AvgIpc) is 2.82. The molecule has 0 aliphatic rings. The zero-order valence-corrected chi connectivity index (χ0v) is 11.4. The van der Waals surface area contributed by atoms with Crippen LogP contribution in [0, 0.1) is 18.6 Å². The van der Waals surface area contributed by atoms with Gasteiger partial charge in [0.25, 0.3) is 0 Å². The lowest BCUT2D eigenvalue weighted by atomic mass is 10.1. The summed E-state index contributed by atoms with van der Waals surface area (Å²) in [6.07, 6.45) is 0. The van der Waals surface area contributed by atoms with Gasteiger partial charge in [-0.3, -0.25) is 0 Å². The zero-order valence-electron chi connectivity index (χ0n) is 10.6. The van der Waals surface area contributed by atoms with Crippen LogP contribution in [0.2, 0.25) is 0 Å². The molecule has 4 heteroatoms. The Morgan fingerprint density at radius 3 is 2.56 bits per heavy atom. The van der Waals surface area contributed by atoms with Crippen molar-refractivity contribution in [2.24, 2.45) is 0 Å². The molecule has 0 amide bonds. The molecule has 1 unspecified atom stereocenters. The molecule has 0 bridgehead atoms. The van der Waals surface area contributed by atoms with Gasteiger partial charge < -0.3 is 5.32 Å². The molecule has 1 heterocycles. The second-order valence-corrected chi connectivity index (χ2v) is 5.41. The quantitative estimate of drug-likeness (QED) is 0.875. The Kier molecular flexibility index (Phi) is 3.78. The number of hydrogen-bond acceptors (Lipinski definition) is 2. The molecule has 96 valence electrons. The van der Waals surface area contributed by atoms with Gasteiger partial charge >= 0.3 is 0 Å². The van der Waals surface area contributed by atoms with Gasteiger partial charge in [-0.05, 0) is 50.7 Å². The minimum Gasteiger partial charge on any atom is -0.313 e. The monoisotopic (exact) mass is 267 g/mol. The lowest BCUT2D eigenvalue weighted by Crippen LogP contribution is -2.10. The van der Waals surface area contributed by atoms with Crippen molar-refractivity contribution in [1.29, 1.82) is 0 Å². The van der Waals surface area contributed by atoms with E-state index in [1.54, 1.807) is 6.92 Å². The van der Waals surface area contributed by atoms with Crippen LogP contribution in [0.1, 0.15) is 23.4 Å². The van der Waals surface area contributed by atoms with Crippen LogP contribution in [-0.4, -0.2) is 7.05 Å². The van der Waals surface area contributed by atoms with Gasteiger partial charge in [-0.25, -0.2) is 8.78 Å². The van der Waals surface area contributed by atoms with Gasteiger partial charge in [0.2, 0.25) is 0 Å². The van der Waals surface area contributed by atoms with Crippen LogP contribution in [0.5, 0.6) is 0 Å². The van der Waals surface area contributed by atoms with E-state index in [2.05, 4.69) is 5.32 Å². The summed E-state index contributed by atoms with van der Waals surface area (Å²) in [4.78, 5) is 1.86. The predicted molar refractivity (Wildman–Crippen MR) is 71.9 cm³/mol. The van der Waals surface area contributed by atoms with Gasteiger partial charge in [-0.2, -0.15) is 0 Å². The van der Waals surface area contributed by atoms with Crippen molar-refractivity contribution in [1.82, 2.24) is 5.32 Å². The molecule has 2 rings (SSSR count). The van der Waals surface area contributed by atoms with E-state index in [1.165, 1.54) is 23.5 Å². The van der Waals surface area contributed by atoms with E-state index in [1.807, 2.05) is 26.1 Å².